The van der Waals surface area contributed by atoms with Crippen molar-refractivity contribution in [1.29, 1.82) is 0 Å². The molecule has 8 heteroatoms. The molecule has 17 heavy (non-hydrogen) atoms. The first-order chi connectivity index (χ1) is 6.93. The zero-order valence-corrected chi connectivity index (χ0v) is 7.30. The number of aromatic carboxylic acids is 3. The van der Waals surface area contributed by atoms with Crippen molar-refractivity contribution in [3.8, 4) is 0 Å². The van der Waals surface area contributed by atoms with Crippen molar-refractivity contribution in [1.82, 2.24) is 0 Å². The van der Waals surface area contributed by atoms with E-state index in [1.807, 2.05) is 0 Å². The predicted molar refractivity (Wildman–Crippen MR) is 61.6 cm³/mol. The Balaban J connectivity index is 0. The quantitative estimate of drug-likeness (QED) is 0.629. The zero-order chi connectivity index (χ0) is 11.6. The molecule has 1 aromatic carbocycles. The molecule has 0 aliphatic carbocycles. The van der Waals surface area contributed by atoms with E-state index in [9.17, 15) is 14.4 Å². The van der Waals surface area contributed by atoms with Crippen molar-refractivity contribution in [3.05, 3.63) is 34.9 Å². The molecule has 0 heterocycles. The Morgan fingerprint density at radius 2 is 1.24 bits per heavy atom. The average Bonchev–Trinajstić information content (AvgIpc) is 2.16. The molecule has 0 aliphatic heterocycles. The van der Waals surface area contributed by atoms with Crippen LogP contribution in [0.25, 0.3) is 0 Å². The number of carboxylic acids is 3. The van der Waals surface area contributed by atoms with Crippen LogP contribution in [0.2, 0.25) is 0 Å². The second kappa shape index (κ2) is 7.86. The fourth-order valence-corrected chi connectivity index (χ4v) is 1.04. The standard InChI is InChI=1S/C9H6O6.2Na.2H/c10-7(11)4-1-2-5(8(12)13)6(3-4)9(14)15;;;;/h1-3H,(H,10,11)(H,12,13)(H,14,15);;;;. The molecule has 1 aromatic rings. The Morgan fingerprint density at radius 1 is 0.765 bits per heavy atom. The molecule has 0 radical (unpaired) electrons. The fourth-order valence-electron chi connectivity index (χ4n) is 1.04. The zero-order valence-electron chi connectivity index (χ0n) is 7.30. The molecular weight excluding hydrogens is 250 g/mol. The van der Waals surface area contributed by atoms with E-state index in [1.165, 1.54) is 0 Å². The van der Waals surface area contributed by atoms with Gasteiger partial charge in [-0.1, -0.05) is 0 Å². The van der Waals surface area contributed by atoms with Gasteiger partial charge in [0.2, 0.25) is 0 Å². The normalized spacial score (nSPS) is 8.47. The Bertz CT molecular complexity index is 457. The molecular formula is C9H8Na2O6. The van der Waals surface area contributed by atoms with Gasteiger partial charge in [0.25, 0.3) is 0 Å². The molecule has 82 valence electrons. The van der Waals surface area contributed by atoms with Crippen LogP contribution in [0, 0.1) is 0 Å². The van der Waals surface area contributed by atoms with Crippen molar-refractivity contribution in [2.75, 3.05) is 0 Å². The minimum atomic E-state index is -1.48. The number of carbonyl (C=O) groups is 3. The maximum absolute atomic E-state index is 10.6. The molecule has 0 unspecified atom stereocenters. The van der Waals surface area contributed by atoms with Gasteiger partial charge in [-0.05, 0) is 18.2 Å². The van der Waals surface area contributed by atoms with E-state index in [-0.39, 0.29) is 64.7 Å². The van der Waals surface area contributed by atoms with Gasteiger partial charge in [-0.25, -0.2) is 14.4 Å². The van der Waals surface area contributed by atoms with Crippen LogP contribution >= 0.6 is 0 Å². The first-order valence-corrected chi connectivity index (χ1v) is 3.77. The summed E-state index contributed by atoms with van der Waals surface area (Å²) in [4.78, 5) is 31.8. The average molecular weight is 258 g/mol. The fraction of sp³-hybridized carbons (Fsp3) is 0. The first-order valence-electron chi connectivity index (χ1n) is 3.77. The summed E-state index contributed by atoms with van der Waals surface area (Å²) in [5.41, 5.74) is -1.24. The van der Waals surface area contributed by atoms with Crippen molar-refractivity contribution in [2.45, 2.75) is 0 Å². The van der Waals surface area contributed by atoms with Crippen LogP contribution in [-0.4, -0.2) is 92.3 Å². The van der Waals surface area contributed by atoms with Crippen LogP contribution < -0.4 is 0 Å². The van der Waals surface area contributed by atoms with Crippen molar-refractivity contribution in [2.24, 2.45) is 0 Å². The van der Waals surface area contributed by atoms with Gasteiger partial charge in [-0.15, -0.1) is 0 Å². The van der Waals surface area contributed by atoms with Gasteiger partial charge in [0.1, 0.15) is 0 Å². The number of hydrogen-bond acceptors (Lipinski definition) is 3. The molecule has 0 fully saturated rings. The Kier molecular flexibility index (Phi) is 8.78. The molecule has 0 saturated carbocycles. The Labute approximate surface area is 140 Å². The summed E-state index contributed by atoms with van der Waals surface area (Å²) < 4.78 is 0. The third kappa shape index (κ3) is 4.79. The Hall–Kier alpha value is -0.370. The third-order valence-corrected chi connectivity index (χ3v) is 1.73. The molecule has 0 amide bonds. The van der Waals surface area contributed by atoms with Crippen molar-refractivity contribution >= 4 is 77.0 Å². The van der Waals surface area contributed by atoms with Crippen molar-refractivity contribution < 1.29 is 29.7 Å². The van der Waals surface area contributed by atoms with E-state index >= 15 is 0 Å². The molecule has 0 aromatic heterocycles. The molecule has 0 atom stereocenters. The van der Waals surface area contributed by atoms with Crippen molar-refractivity contribution in [3.63, 3.8) is 0 Å². The molecule has 3 N–H and O–H groups in total. The molecule has 0 bridgehead atoms. The van der Waals surface area contributed by atoms with Gasteiger partial charge < -0.3 is 15.3 Å². The summed E-state index contributed by atoms with van der Waals surface area (Å²) >= 11 is 0. The molecule has 0 saturated heterocycles. The number of hydrogen-bond donors (Lipinski definition) is 3. The van der Waals surface area contributed by atoms with Gasteiger partial charge in [0.05, 0.1) is 16.7 Å². The second-order valence-corrected chi connectivity index (χ2v) is 2.68. The topological polar surface area (TPSA) is 112 Å². The van der Waals surface area contributed by atoms with E-state index in [4.69, 9.17) is 15.3 Å². The maximum atomic E-state index is 10.6. The third-order valence-electron chi connectivity index (χ3n) is 1.73. The van der Waals surface area contributed by atoms with E-state index in [1.54, 1.807) is 0 Å². The first kappa shape index (κ1) is 19.0. The SMILES string of the molecule is O=C(O)c1ccc(C(=O)O)c(C(=O)O)c1.[NaH].[NaH]. The Morgan fingerprint density at radius 3 is 1.59 bits per heavy atom. The molecule has 0 aliphatic rings. The summed E-state index contributed by atoms with van der Waals surface area (Å²) in [5.74, 6) is -4.20. The number of rotatable bonds is 3. The molecule has 6 nitrogen and oxygen atoms in total. The summed E-state index contributed by atoms with van der Waals surface area (Å²) in [6, 6.07) is 2.81. The summed E-state index contributed by atoms with van der Waals surface area (Å²) in [6.45, 7) is 0. The van der Waals surface area contributed by atoms with Crippen LogP contribution in [0.4, 0.5) is 0 Å². The van der Waals surface area contributed by atoms with Gasteiger partial charge in [0.15, 0.2) is 0 Å². The predicted octanol–water partition coefficient (Wildman–Crippen LogP) is -0.516. The van der Waals surface area contributed by atoms with E-state index in [2.05, 4.69) is 0 Å². The number of benzene rings is 1. The van der Waals surface area contributed by atoms with Gasteiger partial charge in [-0.3, -0.25) is 0 Å². The van der Waals surface area contributed by atoms with Gasteiger partial charge in [0, 0.05) is 0 Å². The van der Waals surface area contributed by atoms with Crippen LogP contribution in [0.3, 0.4) is 0 Å². The molecule has 1 rings (SSSR count). The summed E-state index contributed by atoms with van der Waals surface area (Å²) in [6.07, 6.45) is 0. The second-order valence-electron chi connectivity index (χ2n) is 2.68. The molecule has 0 spiro atoms. The van der Waals surface area contributed by atoms with E-state index in [0.717, 1.165) is 18.2 Å². The minimum absolute atomic E-state index is 0. The number of carboxylic acid groups (broad SMARTS) is 3. The van der Waals surface area contributed by atoms with E-state index < -0.39 is 29.0 Å². The van der Waals surface area contributed by atoms with Gasteiger partial charge >= 0.3 is 77.0 Å². The van der Waals surface area contributed by atoms with Crippen LogP contribution in [-0.2, 0) is 0 Å². The van der Waals surface area contributed by atoms with Crippen LogP contribution in [0.1, 0.15) is 31.1 Å². The van der Waals surface area contributed by atoms with Crippen LogP contribution in [0.5, 0.6) is 0 Å². The van der Waals surface area contributed by atoms with Crippen LogP contribution in [0.15, 0.2) is 18.2 Å². The monoisotopic (exact) mass is 258 g/mol. The van der Waals surface area contributed by atoms with E-state index in [0.29, 0.717) is 0 Å². The summed E-state index contributed by atoms with van der Waals surface area (Å²) in [7, 11) is 0. The van der Waals surface area contributed by atoms with Gasteiger partial charge in [-0.2, -0.15) is 0 Å². The summed E-state index contributed by atoms with van der Waals surface area (Å²) in [5, 5.41) is 25.9.